The Morgan fingerprint density at radius 2 is 2.08 bits per heavy atom. The molecule has 1 atom stereocenters. The number of benzene rings is 1. The van der Waals surface area contributed by atoms with Crippen LogP contribution in [0.3, 0.4) is 0 Å². The first-order valence-corrected chi connectivity index (χ1v) is 4.52. The van der Waals surface area contributed by atoms with Crippen LogP contribution in [0.2, 0.25) is 0 Å². The summed E-state index contributed by atoms with van der Waals surface area (Å²) < 4.78 is 4.85. The SMILES string of the molecule is CCC1(c2ccccc2)COC1=O. The van der Waals surface area contributed by atoms with E-state index in [0.29, 0.717) is 6.61 Å². The van der Waals surface area contributed by atoms with Gasteiger partial charge in [0.15, 0.2) is 0 Å². The lowest BCUT2D eigenvalue weighted by atomic mass is 9.76. The molecule has 1 unspecified atom stereocenters. The average molecular weight is 176 g/mol. The molecule has 2 rings (SSSR count). The van der Waals surface area contributed by atoms with Gasteiger partial charge in [-0.3, -0.25) is 4.79 Å². The minimum absolute atomic E-state index is 0.0822. The van der Waals surface area contributed by atoms with Crippen LogP contribution >= 0.6 is 0 Å². The Balaban J connectivity index is 2.38. The van der Waals surface area contributed by atoms with Crippen LogP contribution in [0, 0.1) is 0 Å². The zero-order valence-corrected chi connectivity index (χ0v) is 7.62. The molecule has 2 heteroatoms. The Morgan fingerprint density at radius 3 is 2.46 bits per heavy atom. The van der Waals surface area contributed by atoms with Crippen LogP contribution < -0.4 is 0 Å². The third-order valence-corrected chi connectivity index (χ3v) is 2.77. The van der Waals surface area contributed by atoms with Gasteiger partial charge in [0, 0.05) is 0 Å². The van der Waals surface area contributed by atoms with Gasteiger partial charge in [-0.25, -0.2) is 0 Å². The molecule has 1 heterocycles. The van der Waals surface area contributed by atoms with Gasteiger partial charge in [-0.2, -0.15) is 0 Å². The number of carbonyl (C=O) groups is 1. The molecular formula is C11H12O2. The number of hydrogen-bond donors (Lipinski definition) is 0. The van der Waals surface area contributed by atoms with Gasteiger partial charge < -0.3 is 4.74 Å². The van der Waals surface area contributed by atoms with Crippen molar-refractivity contribution in [3.63, 3.8) is 0 Å². The summed E-state index contributed by atoms with van der Waals surface area (Å²) in [6, 6.07) is 9.85. The summed E-state index contributed by atoms with van der Waals surface area (Å²) in [5, 5.41) is 0. The Morgan fingerprint density at radius 1 is 1.38 bits per heavy atom. The average Bonchev–Trinajstić information content (AvgIpc) is 2.19. The second kappa shape index (κ2) is 2.87. The first-order chi connectivity index (χ1) is 6.29. The Hall–Kier alpha value is -1.31. The molecule has 0 aliphatic carbocycles. The molecule has 1 fully saturated rings. The zero-order valence-electron chi connectivity index (χ0n) is 7.62. The van der Waals surface area contributed by atoms with Crippen molar-refractivity contribution in [2.75, 3.05) is 6.61 Å². The van der Waals surface area contributed by atoms with Gasteiger partial charge in [-0.05, 0) is 12.0 Å². The Kier molecular flexibility index (Phi) is 1.83. The largest absolute Gasteiger partial charge is 0.463 e. The van der Waals surface area contributed by atoms with Crippen molar-refractivity contribution in [2.45, 2.75) is 18.8 Å². The lowest BCUT2D eigenvalue weighted by molar-refractivity contribution is -0.174. The summed E-state index contributed by atoms with van der Waals surface area (Å²) in [7, 11) is 0. The van der Waals surface area contributed by atoms with Crippen LogP contribution in [0.15, 0.2) is 30.3 Å². The smallest absolute Gasteiger partial charge is 0.320 e. The number of cyclic esters (lactones) is 1. The molecule has 68 valence electrons. The fourth-order valence-electron chi connectivity index (χ4n) is 1.71. The maximum absolute atomic E-state index is 11.4. The van der Waals surface area contributed by atoms with Crippen LogP contribution in [-0.2, 0) is 14.9 Å². The lowest BCUT2D eigenvalue weighted by Crippen LogP contribution is -2.51. The second-order valence-electron chi connectivity index (χ2n) is 3.38. The lowest BCUT2D eigenvalue weighted by Gasteiger charge is -2.38. The normalized spacial score (nSPS) is 26.4. The molecule has 1 aromatic rings. The summed E-state index contributed by atoms with van der Waals surface area (Å²) in [5.41, 5.74) is 0.732. The highest BCUT2D eigenvalue weighted by Gasteiger charge is 2.48. The third kappa shape index (κ3) is 1.05. The van der Waals surface area contributed by atoms with Gasteiger partial charge in [0.1, 0.15) is 12.0 Å². The molecule has 0 saturated carbocycles. The van der Waals surface area contributed by atoms with Gasteiger partial charge >= 0.3 is 5.97 Å². The number of carbonyl (C=O) groups excluding carboxylic acids is 1. The van der Waals surface area contributed by atoms with Crippen molar-refractivity contribution in [3.8, 4) is 0 Å². The molecule has 1 saturated heterocycles. The van der Waals surface area contributed by atoms with Crippen molar-refractivity contribution in [3.05, 3.63) is 35.9 Å². The van der Waals surface area contributed by atoms with E-state index in [-0.39, 0.29) is 11.4 Å². The van der Waals surface area contributed by atoms with Gasteiger partial charge in [0.25, 0.3) is 0 Å². The minimum atomic E-state index is -0.346. The second-order valence-corrected chi connectivity index (χ2v) is 3.38. The standard InChI is InChI=1S/C11H12O2/c1-2-11(8-13-10(11)12)9-6-4-3-5-7-9/h3-7H,2,8H2,1H3. The monoisotopic (exact) mass is 176 g/mol. The zero-order chi connectivity index (χ0) is 9.31. The van der Waals surface area contributed by atoms with Gasteiger partial charge in [-0.15, -0.1) is 0 Å². The van der Waals surface area contributed by atoms with E-state index >= 15 is 0 Å². The van der Waals surface area contributed by atoms with Crippen LogP contribution in [0.1, 0.15) is 18.9 Å². The Labute approximate surface area is 77.5 Å². The molecule has 0 aromatic heterocycles. The highest BCUT2D eigenvalue weighted by atomic mass is 16.6. The fourth-order valence-corrected chi connectivity index (χ4v) is 1.71. The summed E-state index contributed by atoms with van der Waals surface area (Å²) in [4.78, 5) is 11.4. The predicted octanol–water partition coefficient (Wildman–Crippen LogP) is 1.89. The van der Waals surface area contributed by atoms with E-state index in [9.17, 15) is 4.79 Å². The first kappa shape index (κ1) is 8.30. The van der Waals surface area contributed by atoms with E-state index in [1.165, 1.54) is 0 Å². The number of esters is 1. The topological polar surface area (TPSA) is 26.3 Å². The van der Waals surface area contributed by atoms with Crippen LogP contribution in [0.5, 0.6) is 0 Å². The van der Waals surface area contributed by atoms with E-state index < -0.39 is 0 Å². The van der Waals surface area contributed by atoms with E-state index in [4.69, 9.17) is 4.74 Å². The molecule has 13 heavy (non-hydrogen) atoms. The molecule has 0 radical (unpaired) electrons. The van der Waals surface area contributed by atoms with Crippen molar-refractivity contribution in [1.82, 2.24) is 0 Å². The maximum Gasteiger partial charge on any atom is 0.320 e. The van der Waals surface area contributed by atoms with Crippen LogP contribution in [0.25, 0.3) is 0 Å². The predicted molar refractivity (Wildman–Crippen MR) is 49.4 cm³/mol. The minimum Gasteiger partial charge on any atom is -0.463 e. The molecular weight excluding hydrogens is 164 g/mol. The molecule has 0 amide bonds. The highest BCUT2D eigenvalue weighted by molar-refractivity contribution is 5.88. The van der Waals surface area contributed by atoms with Crippen molar-refractivity contribution in [1.29, 1.82) is 0 Å². The van der Waals surface area contributed by atoms with Crippen molar-refractivity contribution in [2.24, 2.45) is 0 Å². The quantitative estimate of drug-likeness (QED) is 0.643. The number of ether oxygens (including phenoxy) is 1. The van der Waals surface area contributed by atoms with Crippen LogP contribution in [-0.4, -0.2) is 12.6 Å². The summed E-state index contributed by atoms with van der Waals surface area (Å²) in [6.07, 6.45) is 0.815. The summed E-state index contributed by atoms with van der Waals surface area (Å²) >= 11 is 0. The summed E-state index contributed by atoms with van der Waals surface area (Å²) in [6.45, 7) is 2.56. The highest BCUT2D eigenvalue weighted by Crippen LogP contribution is 2.36. The molecule has 1 aliphatic rings. The van der Waals surface area contributed by atoms with Gasteiger partial charge in [0.2, 0.25) is 0 Å². The Bertz CT molecular complexity index is 314. The maximum atomic E-state index is 11.4. The summed E-state index contributed by atoms with van der Waals surface area (Å²) in [5.74, 6) is -0.0822. The third-order valence-electron chi connectivity index (χ3n) is 2.77. The van der Waals surface area contributed by atoms with Gasteiger partial charge in [-0.1, -0.05) is 37.3 Å². The van der Waals surface area contributed by atoms with Crippen LogP contribution in [0.4, 0.5) is 0 Å². The molecule has 0 N–H and O–H groups in total. The van der Waals surface area contributed by atoms with E-state index in [1.54, 1.807) is 0 Å². The molecule has 2 nitrogen and oxygen atoms in total. The van der Waals surface area contributed by atoms with E-state index in [2.05, 4.69) is 0 Å². The number of hydrogen-bond acceptors (Lipinski definition) is 2. The molecule has 0 bridgehead atoms. The van der Waals surface area contributed by atoms with E-state index in [0.717, 1.165) is 12.0 Å². The van der Waals surface area contributed by atoms with Gasteiger partial charge in [0.05, 0.1) is 0 Å². The molecule has 1 aliphatic heterocycles. The molecule has 0 spiro atoms. The molecule has 1 aromatic carbocycles. The van der Waals surface area contributed by atoms with Crippen molar-refractivity contribution >= 4 is 5.97 Å². The van der Waals surface area contributed by atoms with Crippen molar-refractivity contribution < 1.29 is 9.53 Å². The number of rotatable bonds is 2. The fraction of sp³-hybridized carbons (Fsp3) is 0.364. The van der Waals surface area contributed by atoms with E-state index in [1.807, 2.05) is 37.3 Å². The first-order valence-electron chi connectivity index (χ1n) is 4.52.